The Hall–Kier alpha value is -2.38. The number of ether oxygens (including phenoxy) is 1. The number of aromatic amines is 1. The number of hydrogen-bond donors (Lipinski definition) is 1. The van der Waals surface area contributed by atoms with Gasteiger partial charge in [0.15, 0.2) is 11.2 Å². The summed E-state index contributed by atoms with van der Waals surface area (Å²) in [6.45, 7) is -0.292. The summed E-state index contributed by atoms with van der Waals surface area (Å²) in [6.07, 6.45) is 1.40. The van der Waals surface area contributed by atoms with Gasteiger partial charge in [0.2, 0.25) is 0 Å². The summed E-state index contributed by atoms with van der Waals surface area (Å²) in [4.78, 5) is 40.3. The summed E-state index contributed by atoms with van der Waals surface area (Å²) in [5, 5.41) is 0. The Bertz CT molecular complexity index is 693. The Labute approximate surface area is 94.5 Å². The highest BCUT2D eigenvalue weighted by molar-refractivity contribution is 5.74. The molecule has 0 saturated carbocycles. The van der Waals surface area contributed by atoms with Gasteiger partial charge in [-0.05, 0) is 0 Å². The maximum absolute atomic E-state index is 11.6. The van der Waals surface area contributed by atoms with E-state index in [0.717, 1.165) is 4.57 Å². The number of H-pyrrole nitrogens is 1. The highest BCUT2D eigenvalue weighted by Crippen LogP contribution is 2.03. The van der Waals surface area contributed by atoms with E-state index in [1.807, 2.05) is 0 Å². The fourth-order valence-corrected chi connectivity index (χ4v) is 1.54. The SMILES string of the molecule is COC(=O)Cn1c(=O)[nH]c(=O)c2c1ncn2C. The summed E-state index contributed by atoms with van der Waals surface area (Å²) in [6, 6.07) is 0. The van der Waals surface area contributed by atoms with E-state index in [1.165, 1.54) is 18.0 Å². The topological polar surface area (TPSA) is 99.0 Å². The van der Waals surface area contributed by atoms with E-state index < -0.39 is 17.2 Å². The lowest BCUT2D eigenvalue weighted by Crippen LogP contribution is -2.33. The van der Waals surface area contributed by atoms with Gasteiger partial charge >= 0.3 is 11.7 Å². The zero-order valence-electron chi connectivity index (χ0n) is 9.26. The Balaban J connectivity index is 2.75. The zero-order valence-corrected chi connectivity index (χ0v) is 9.26. The van der Waals surface area contributed by atoms with Crippen molar-refractivity contribution >= 4 is 17.1 Å². The zero-order chi connectivity index (χ0) is 12.6. The van der Waals surface area contributed by atoms with Crippen LogP contribution in [0.3, 0.4) is 0 Å². The third-order valence-corrected chi connectivity index (χ3v) is 2.37. The number of nitrogens with zero attached hydrogens (tertiary/aromatic N) is 3. The molecule has 8 heteroatoms. The molecule has 1 N–H and O–H groups in total. The number of nitrogens with one attached hydrogen (secondary N) is 1. The number of fused-ring (bicyclic) bond motifs is 1. The second-order valence-electron chi connectivity index (χ2n) is 3.45. The van der Waals surface area contributed by atoms with Crippen LogP contribution in [0.15, 0.2) is 15.9 Å². The molecule has 0 aliphatic carbocycles. The van der Waals surface area contributed by atoms with Crippen molar-refractivity contribution in [1.82, 2.24) is 19.1 Å². The molecule has 8 nitrogen and oxygen atoms in total. The maximum atomic E-state index is 11.6. The molecule has 0 aromatic carbocycles. The Morgan fingerprint density at radius 2 is 2.24 bits per heavy atom. The van der Waals surface area contributed by atoms with Gasteiger partial charge < -0.3 is 9.30 Å². The standard InChI is InChI=1S/C9H10N4O4/c1-12-4-10-7-6(12)8(15)11-9(16)13(7)3-5(14)17-2/h4H,3H2,1-2H3,(H,11,15,16). The van der Waals surface area contributed by atoms with Crippen molar-refractivity contribution < 1.29 is 9.53 Å². The molecule has 90 valence electrons. The van der Waals surface area contributed by atoms with E-state index >= 15 is 0 Å². The lowest BCUT2D eigenvalue weighted by atomic mass is 10.5. The van der Waals surface area contributed by atoms with Crippen LogP contribution in [-0.4, -0.2) is 32.2 Å². The van der Waals surface area contributed by atoms with E-state index in [9.17, 15) is 14.4 Å². The lowest BCUT2D eigenvalue weighted by Gasteiger charge is -2.04. The molecule has 0 aliphatic rings. The van der Waals surface area contributed by atoms with E-state index in [2.05, 4.69) is 14.7 Å². The van der Waals surface area contributed by atoms with Crippen molar-refractivity contribution in [2.75, 3.05) is 7.11 Å². The first-order valence-corrected chi connectivity index (χ1v) is 4.75. The second kappa shape index (κ2) is 3.89. The van der Waals surface area contributed by atoms with Gasteiger partial charge in [-0.25, -0.2) is 9.78 Å². The number of carbonyl (C=O) groups is 1. The van der Waals surface area contributed by atoms with Crippen LogP contribution in [0.25, 0.3) is 11.2 Å². The molecule has 0 amide bonds. The third kappa shape index (κ3) is 1.73. The maximum Gasteiger partial charge on any atom is 0.330 e. The van der Waals surface area contributed by atoms with Gasteiger partial charge in [0.05, 0.1) is 13.4 Å². The van der Waals surface area contributed by atoms with Crippen molar-refractivity contribution in [3.63, 3.8) is 0 Å². The minimum absolute atomic E-state index is 0.159. The number of methoxy groups -OCH3 is 1. The molecule has 0 atom stereocenters. The molecule has 0 radical (unpaired) electrons. The normalized spacial score (nSPS) is 10.7. The first-order chi connectivity index (χ1) is 8.04. The number of rotatable bonds is 2. The van der Waals surface area contributed by atoms with E-state index in [0.29, 0.717) is 0 Å². The van der Waals surface area contributed by atoms with Crippen molar-refractivity contribution in [2.24, 2.45) is 7.05 Å². The number of hydrogen-bond acceptors (Lipinski definition) is 5. The number of aryl methyl sites for hydroxylation is 1. The average molecular weight is 238 g/mol. The summed E-state index contributed by atoms with van der Waals surface area (Å²) in [5.74, 6) is -0.592. The number of imidazole rings is 1. The molecule has 0 aliphatic heterocycles. The molecule has 0 saturated heterocycles. The fourth-order valence-electron chi connectivity index (χ4n) is 1.54. The highest BCUT2D eigenvalue weighted by atomic mass is 16.5. The number of esters is 1. The molecule has 2 heterocycles. The van der Waals surface area contributed by atoms with Gasteiger partial charge in [0.25, 0.3) is 5.56 Å². The Morgan fingerprint density at radius 1 is 1.53 bits per heavy atom. The van der Waals surface area contributed by atoms with Gasteiger partial charge in [-0.2, -0.15) is 0 Å². The molecule has 2 aromatic rings. The van der Waals surface area contributed by atoms with E-state index in [4.69, 9.17) is 0 Å². The average Bonchev–Trinajstić information content (AvgIpc) is 2.66. The highest BCUT2D eigenvalue weighted by Gasteiger charge is 2.14. The van der Waals surface area contributed by atoms with Gasteiger partial charge in [-0.1, -0.05) is 0 Å². The smallest absolute Gasteiger partial charge is 0.330 e. The van der Waals surface area contributed by atoms with Crippen LogP contribution in [0, 0.1) is 0 Å². The molecular formula is C9H10N4O4. The van der Waals surface area contributed by atoms with Crippen LogP contribution >= 0.6 is 0 Å². The molecule has 2 aromatic heterocycles. The molecular weight excluding hydrogens is 228 g/mol. The summed E-state index contributed by atoms with van der Waals surface area (Å²) < 4.78 is 7.00. The minimum Gasteiger partial charge on any atom is -0.468 e. The summed E-state index contributed by atoms with van der Waals surface area (Å²) in [7, 11) is 2.84. The van der Waals surface area contributed by atoms with Gasteiger partial charge in [0, 0.05) is 7.05 Å². The van der Waals surface area contributed by atoms with Crippen LogP contribution in [0.2, 0.25) is 0 Å². The van der Waals surface area contributed by atoms with E-state index in [1.54, 1.807) is 7.05 Å². The molecule has 0 unspecified atom stereocenters. The van der Waals surface area contributed by atoms with Crippen molar-refractivity contribution in [1.29, 1.82) is 0 Å². The van der Waals surface area contributed by atoms with Crippen molar-refractivity contribution in [2.45, 2.75) is 6.54 Å². The lowest BCUT2D eigenvalue weighted by molar-refractivity contribution is -0.141. The molecule has 0 bridgehead atoms. The van der Waals surface area contributed by atoms with E-state index in [-0.39, 0.29) is 17.7 Å². The molecule has 17 heavy (non-hydrogen) atoms. The fraction of sp³-hybridized carbons (Fsp3) is 0.333. The van der Waals surface area contributed by atoms with Crippen LogP contribution in [0.4, 0.5) is 0 Å². The van der Waals surface area contributed by atoms with Crippen LogP contribution in [0.5, 0.6) is 0 Å². The van der Waals surface area contributed by atoms with Gasteiger partial charge in [-0.15, -0.1) is 0 Å². The third-order valence-electron chi connectivity index (χ3n) is 2.37. The summed E-state index contributed by atoms with van der Waals surface area (Å²) in [5.41, 5.74) is -0.835. The Kier molecular flexibility index (Phi) is 2.54. The monoisotopic (exact) mass is 238 g/mol. The minimum atomic E-state index is -0.688. The molecule has 2 rings (SSSR count). The molecule has 0 spiro atoms. The van der Waals surface area contributed by atoms with Crippen molar-refractivity contribution in [3.8, 4) is 0 Å². The quantitative estimate of drug-likeness (QED) is 0.648. The summed E-state index contributed by atoms with van der Waals surface area (Å²) >= 11 is 0. The number of aromatic nitrogens is 4. The molecule has 0 fully saturated rings. The van der Waals surface area contributed by atoms with Crippen LogP contribution in [-0.2, 0) is 23.1 Å². The first-order valence-electron chi connectivity index (χ1n) is 4.75. The van der Waals surface area contributed by atoms with Crippen LogP contribution in [0.1, 0.15) is 0 Å². The predicted octanol–water partition coefficient (Wildman–Crippen LogP) is -1.40. The largest absolute Gasteiger partial charge is 0.468 e. The first kappa shape index (κ1) is 11.1. The van der Waals surface area contributed by atoms with Crippen molar-refractivity contribution in [3.05, 3.63) is 27.2 Å². The Morgan fingerprint density at radius 3 is 2.88 bits per heavy atom. The second-order valence-corrected chi connectivity index (χ2v) is 3.45. The number of carbonyl (C=O) groups excluding carboxylic acids is 1. The predicted molar refractivity (Wildman–Crippen MR) is 57.6 cm³/mol. The van der Waals surface area contributed by atoms with Crippen LogP contribution < -0.4 is 11.2 Å². The van der Waals surface area contributed by atoms with Gasteiger partial charge in [0.1, 0.15) is 6.54 Å². The van der Waals surface area contributed by atoms with Gasteiger partial charge in [-0.3, -0.25) is 19.1 Å².